The van der Waals surface area contributed by atoms with Crippen LogP contribution in [0.4, 0.5) is 0 Å². The number of carbonyl (C=O) groups excluding carboxylic acids is 1. The number of fused-ring (bicyclic) bond motifs is 1. The fraction of sp³-hybridized carbons (Fsp3) is 0.158. The summed E-state index contributed by atoms with van der Waals surface area (Å²) in [5.41, 5.74) is 3.85. The Labute approximate surface area is 280 Å². The smallest absolute Gasteiger partial charge is 0.338 e. The van der Waals surface area contributed by atoms with Crippen molar-refractivity contribution in [2.24, 2.45) is 4.99 Å². The normalized spacial score (nSPS) is 14.0. The van der Waals surface area contributed by atoms with Gasteiger partial charge in [0.1, 0.15) is 12.4 Å². The predicted octanol–water partition coefficient (Wildman–Crippen LogP) is 5.40. The number of esters is 1. The van der Waals surface area contributed by atoms with Crippen molar-refractivity contribution in [3.05, 3.63) is 150 Å². The van der Waals surface area contributed by atoms with Crippen LogP contribution in [0.2, 0.25) is 0 Å². The van der Waals surface area contributed by atoms with E-state index in [-0.39, 0.29) is 24.3 Å². The summed E-state index contributed by atoms with van der Waals surface area (Å²) >= 11 is 1.23. The number of para-hydroxylation sites is 1. The number of nitriles is 1. The van der Waals surface area contributed by atoms with E-state index in [2.05, 4.69) is 6.07 Å². The van der Waals surface area contributed by atoms with Gasteiger partial charge in [-0.2, -0.15) is 5.26 Å². The van der Waals surface area contributed by atoms with Gasteiger partial charge >= 0.3 is 5.97 Å². The zero-order chi connectivity index (χ0) is 33.6. The maximum atomic E-state index is 14.4. The van der Waals surface area contributed by atoms with Crippen LogP contribution in [0.15, 0.2) is 112 Å². The second-order valence-electron chi connectivity index (χ2n) is 10.7. The third-order valence-electron chi connectivity index (χ3n) is 7.78. The highest BCUT2D eigenvalue weighted by Crippen LogP contribution is 2.38. The Morgan fingerprint density at radius 3 is 2.38 bits per heavy atom. The lowest BCUT2D eigenvalue weighted by molar-refractivity contribution is -0.138. The van der Waals surface area contributed by atoms with E-state index in [0.29, 0.717) is 54.5 Å². The minimum atomic E-state index is -0.875. The number of carbonyl (C=O) groups is 1. The van der Waals surface area contributed by atoms with Crippen molar-refractivity contribution in [2.75, 3.05) is 20.8 Å². The van der Waals surface area contributed by atoms with E-state index in [1.54, 1.807) is 44.4 Å². The van der Waals surface area contributed by atoms with Gasteiger partial charge in [-0.25, -0.2) is 9.79 Å². The van der Waals surface area contributed by atoms with Crippen molar-refractivity contribution in [1.82, 2.24) is 4.57 Å². The van der Waals surface area contributed by atoms with Crippen LogP contribution in [0, 0.1) is 11.3 Å². The Kier molecular flexibility index (Phi) is 9.50. The van der Waals surface area contributed by atoms with Gasteiger partial charge in [-0.05, 0) is 54.5 Å². The number of hydrogen-bond acceptors (Lipinski definition) is 9. The summed E-state index contributed by atoms with van der Waals surface area (Å²) in [6.45, 7) is 2.16. The molecule has 10 heteroatoms. The summed E-state index contributed by atoms with van der Waals surface area (Å²) in [7, 11) is 3.08. The zero-order valence-electron chi connectivity index (χ0n) is 26.5. The third kappa shape index (κ3) is 6.36. The Morgan fingerprint density at radius 1 is 0.938 bits per heavy atom. The van der Waals surface area contributed by atoms with E-state index in [1.165, 1.54) is 23.0 Å². The highest BCUT2D eigenvalue weighted by atomic mass is 32.1. The summed E-state index contributed by atoms with van der Waals surface area (Å²) in [6, 6.07) is 30.6. The molecule has 0 N–H and O–H groups in total. The van der Waals surface area contributed by atoms with Gasteiger partial charge in [0.2, 0.25) is 0 Å². The summed E-state index contributed by atoms with van der Waals surface area (Å²) in [5.74, 6) is 0.972. The van der Waals surface area contributed by atoms with Gasteiger partial charge in [0, 0.05) is 11.1 Å². The van der Waals surface area contributed by atoms with E-state index in [1.807, 2.05) is 72.8 Å². The fourth-order valence-electron chi connectivity index (χ4n) is 5.49. The molecule has 48 heavy (non-hydrogen) atoms. The molecule has 0 bridgehead atoms. The number of ether oxygens (including phenoxy) is 4. The van der Waals surface area contributed by atoms with E-state index < -0.39 is 12.0 Å². The van der Waals surface area contributed by atoms with Gasteiger partial charge in [0.15, 0.2) is 16.3 Å². The van der Waals surface area contributed by atoms with Gasteiger partial charge in [-0.1, -0.05) is 78.1 Å². The molecule has 2 heterocycles. The maximum absolute atomic E-state index is 14.4. The molecule has 9 nitrogen and oxygen atoms in total. The first-order valence-electron chi connectivity index (χ1n) is 15.2. The largest absolute Gasteiger partial charge is 0.493 e. The predicted molar refractivity (Wildman–Crippen MR) is 183 cm³/mol. The van der Waals surface area contributed by atoms with Crippen LogP contribution in [0.25, 0.3) is 11.8 Å². The summed E-state index contributed by atoms with van der Waals surface area (Å²) in [6.07, 6.45) is 1.78. The van der Waals surface area contributed by atoms with Gasteiger partial charge in [0.05, 0.1) is 54.3 Å². The Balaban J connectivity index is 1.52. The van der Waals surface area contributed by atoms with Crippen LogP contribution in [0.5, 0.6) is 17.2 Å². The van der Waals surface area contributed by atoms with Crippen molar-refractivity contribution in [1.29, 1.82) is 5.26 Å². The number of rotatable bonds is 10. The number of aromatic nitrogens is 1. The molecule has 0 radical (unpaired) electrons. The van der Waals surface area contributed by atoms with Crippen LogP contribution < -0.4 is 29.1 Å². The molecule has 0 amide bonds. The molecular weight excluding hydrogens is 627 g/mol. The van der Waals surface area contributed by atoms with Gasteiger partial charge < -0.3 is 18.9 Å². The molecule has 0 aliphatic carbocycles. The van der Waals surface area contributed by atoms with Crippen LogP contribution in [-0.2, 0) is 16.1 Å². The highest BCUT2D eigenvalue weighted by molar-refractivity contribution is 7.07. The molecule has 5 aromatic rings. The second kappa shape index (κ2) is 14.2. The molecule has 0 unspecified atom stereocenters. The summed E-state index contributed by atoms with van der Waals surface area (Å²) in [4.78, 5) is 33.5. The molecule has 4 aromatic carbocycles. The fourth-order valence-corrected chi connectivity index (χ4v) is 6.48. The summed E-state index contributed by atoms with van der Waals surface area (Å²) in [5, 5.41) is 9.11. The van der Waals surface area contributed by atoms with Crippen LogP contribution in [-0.4, -0.2) is 31.4 Å². The molecule has 0 spiro atoms. The Bertz CT molecular complexity index is 2230. The number of benzene rings is 4. The SMILES string of the molecule is CCOC(=O)C1=C(c2ccccc2)N=c2s/c(=C\c3ccccc3OCc3ccc(C#N)cc3)c(=O)n2[C@H]1c1ccc(OC)c(OC)c1. The van der Waals surface area contributed by atoms with Gasteiger partial charge in [0.25, 0.3) is 5.56 Å². The first-order chi connectivity index (χ1) is 23.4. The van der Waals surface area contributed by atoms with Crippen molar-refractivity contribution in [3.63, 3.8) is 0 Å². The molecule has 0 saturated heterocycles. The van der Waals surface area contributed by atoms with Crippen LogP contribution in [0.3, 0.4) is 0 Å². The average Bonchev–Trinajstić information content (AvgIpc) is 3.44. The summed E-state index contributed by atoms with van der Waals surface area (Å²) < 4.78 is 24.8. The average molecular weight is 658 g/mol. The first kappa shape index (κ1) is 32.0. The molecule has 240 valence electrons. The molecule has 1 aromatic heterocycles. The number of hydrogen-bond donors (Lipinski definition) is 0. The molecule has 0 saturated carbocycles. The van der Waals surface area contributed by atoms with Crippen LogP contribution >= 0.6 is 11.3 Å². The molecule has 0 fully saturated rings. The topological polar surface area (TPSA) is 112 Å². The van der Waals surface area contributed by atoms with Gasteiger partial charge in [-0.3, -0.25) is 9.36 Å². The lowest BCUT2D eigenvalue weighted by atomic mass is 9.93. The molecule has 1 aliphatic rings. The van der Waals surface area contributed by atoms with E-state index >= 15 is 0 Å². The Morgan fingerprint density at radius 2 is 1.67 bits per heavy atom. The third-order valence-corrected chi connectivity index (χ3v) is 8.76. The van der Waals surface area contributed by atoms with E-state index in [9.17, 15) is 9.59 Å². The quantitative estimate of drug-likeness (QED) is 0.185. The van der Waals surface area contributed by atoms with Crippen LogP contribution in [0.1, 0.15) is 40.8 Å². The van der Waals surface area contributed by atoms with Crippen molar-refractivity contribution < 1.29 is 23.7 Å². The first-order valence-corrected chi connectivity index (χ1v) is 16.0. The van der Waals surface area contributed by atoms with Crippen molar-refractivity contribution in [3.8, 4) is 23.3 Å². The lowest BCUT2D eigenvalue weighted by Gasteiger charge is -2.26. The van der Waals surface area contributed by atoms with E-state index in [0.717, 1.165) is 5.56 Å². The molecule has 6 rings (SSSR count). The lowest BCUT2D eigenvalue weighted by Crippen LogP contribution is -2.40. The highest BCUT2D eigenvalue weighted by Gasteiger charge is 2.35. The molecular formula is C38H31N3O6S. The number of thiazole rings is 1. The van der Waals surface area contributed by atoms with Crippen molar-refractivity contribution >= 4 is 29.1 Å². The number of nitrogens with zero attached hydrogens (tertiary/aromatic N) is 3. The van der Waals surface area contributed by atoms with Gasteiger partial charge in [-0.15, -0.1) is 0 Å². The minimum absolute atomic E-state index is 0.146. The monoisotopic (exact) mass is 657 g/mol. The van der Waals surface area contributed by atoms with E-state index in [4.69, 9.17) is 29.2 Å². The second-order valence-corrected chi connectivity index (χ2v) is 11.7. The standard InChI is InChI=1S/C38H31N3O6S/c1-4-46-37(43)33-34(26-10-6-5-7-11-26)40-38-41(35(33)28-18-19-30(44-2)31(20-28)45-3)36(42)32(48-38)21-27-12-8-9-13-29(27)47-23-25-16-14-24(22-39)15-17-25/h5-21,35H,4,23H2,1-3H3/b32-21-/t35-/m0/s1. The van der Waals surface area contributed by atoms with Crippen molar-refractivity contribution in [2.45, 2.75) is 19.6 Å². The zero-order valence-corrected chi connectivity index (χ0v) is 27.3. The maximum Gasteiger partial charge on any atom is 0.338 e. The minimum Gasteiger partial charge on any atom is -0.493 e. The number of methoxy groups -OCH3 is 2. The molecule has 1 atom stereocenters. The molecule has 1 aliphatic heterocycles. The Hall–Kier alpha value is -5.92.